The molecule has 0 bridgehead atoms. The van der Waals surface area contributed by atoms with Crippen molar-refractivity contribution in [3.8, 4) is 23.1 Å². The number of hydrogen-bond donors (Lipinski definition) is 1. The number of hydrogen-bond acceptors (Lipinski definition) is 6. The molecule has 1 N–H and O–H groups in total. The molecule has 1 unspecified atom stereocenters. The van der Waals surface area contributed by atoms with Crippen LogP contribution in [-0.4, -0.2) is 31.3 Å². The van der Waals surface area contributed by atoms with Crippen LogP contribution in [0.5, 0.6) is 17.4 Å². The minimum atomic E-state index is -5.00. The largest absolute Gasteiger partial charge is 0.479 e. The van der Waals surface area contributed by atoms with Crippen LogP contribution in [0.15, 0.2) is 46.1 Å². The van der Waals surface area contributed by atoms with Crippen molar-refractivity contribution in [3.05, 3.63) is 73.9 Å². The molecule has 186 valence electrons. The van der Waals surface area contributed by atoms with Gasteiger partial charge in [-0.15, -0.1) is 0 Å². The van der Waals surface area contributed by atoms with Crippen LogP contribution in [0, 0.1) is 5.82 Å². The summed E-state index contributed by atoms with van der Waals surface area (Å²) in [6.07, 6.45) is -4.88. The number of aliphatic carboxylic acids is 1. The minimum Gasteiger partial charge on any atom is -0.479 e. The molecule has 35 heavy (non-hydrogen) atoms. The normalized spacial score (nSPS) is 12.3. The van der Waals surface area contributed by atoms with Crippen molar-refractivity contribution < 1.29 is 36.9 Å². The van der Waals surface area contributed by atoms with Crippen LogP contribution in [0.4, 0.5) is 17.6 Å². The zero-order valence-electron chi connectivity index (χ0n) is 18.0. The average Bonchev–Trinajstić information content (AvgIpc) is 2.77. The van der Waals surface area contributed by atoms with Crippen LogP contribution in [0.2, 0.25) is 5.02 Å². The lowest BCUT2D eigenvalue weighted by Crippen LogP contribution is -2.41. The molecular formula is C21H16ClF4N3O6. The summed E-state index contributed by atoms with van der Waals surface area (Å²) in [5, 5.41) is 8.88. The van der Waals surface area contributed by atoms with Gasteiger partial charge in [0.25, 0.3) is 11.4 Å². The highest BCUT2D eigenvalue weighted by Gasteiger charge is 2.35. The van der Waals surface area contributed by atoms with Crippen molar-refractivity contribution in [2.45, 2.75) is 25.6 Å². The number of pyridine rings is 1. The third-order valence-corrected chi connectivity index (χ3v) is 5.00. The van der Waals surface area contributed by atoms with Crippen LogP contribution in [-0.2, 0) is 18.0 Å². The first-order valence-electron chi connectivity index (χ1n) is 9.77. The summed E-state index contributed by atoms with van der Waals surface area (Å²) >= 11 is 6.03. The third kappa shape index (κ3) is 5.29. The smallest absolute Gasteiger partial charge is 0.431 e. The Kier molecular flexibility index (Phi) is 7.19. The Hall–Kier alpha value is -3.87. The van der Waals surface area contributed by atoms with E-state index in [0.29, 0.717) is 6.07 Å². The summed E-state index contributed by atoms with van der Waals surface area (Å²) in [5.41, 5.74) is -5.15. The van der Waals surface area contributed by atoms with E-state index in [9.17, 15) is 37.1 Å². The van der Waals surface area contributed by atoms with Crippen molar-refractivity contribution in [1.29, 1.82) is 0 Å². The van der Waals surface area contributed by atoms with Crippen molar-refractivity contribution >= 4 is 17.6 Å². The molecule has 0 aliphatic carbocycles. The molecule has 3 rings (SSSR count). The molecule has 0 aliphatic rings. The van der Waals surface area contributed by atoms with E-state index in [0.717, 1.165) is 13.1 Å². The maximum absolute atomic E-state index is 14.7. The Morgan fingerprint density at radius 2 is 1.91 bits per heavy atom. The number of nitrogens with zero attached hydrogens (tertiary/aromatic N) is 3. The summed E-state index contributed by atoms with van der Waals surface area (Å²) in [5.74, 6) is -3.16. The topological polar surface area (TPSA) is 113 Å². The molecule has 1 aromatic carbocycles. The van der Waals surface area contributed by atoms with E-state index in [1.54, 1.807) is 6.92 Å². The average molecular weight is 518 g/mol. The van der Waals surface area contributed by atoms with Gasteiger partial charge >= 0.3 is 17.8 Å². The van der Waals surface area contributed by atoms with E-state index in [4.69, 9.17) is 21.1 Å². The fourth-order valence-corrected chi connectivity index (χ4v) is 3.18. The van der Waals surface area contributed by atoms with Crippen molar-refractivity contribution in [1.82, 2.24) is 14.1 Å². The lowest BCUT2D eigenvalue weighted by atomic mass is 10.2. The zero-order valence-corrected chi connectivity index (χ0v) is 18.7. The fourth-order valence-electron chi connectivity index (χ4n) is 2.99. The van der Waals surface area contributed by atoms with Gasteiger partial charge < -0.3 is 14.6 Å². The van der Waals surface area contributed by atoms with Crippen molar-refractivity contribution in [3.63, 3.8) is 0 Å². The number of benzene rings is 1. The monoisotopic (exact) mass is 517 g/mol. The number of alkyl halides is 3. The number of ether oxygens (including phenoxy) is 2. The summed E-state index contributed by atoms with van der Waals surface area (Å²) in [7, 11) is 0.776. The van der Waals surface area contributed by atoms with Gasteiger partial charge in [0.15, 0.2) is 11.9 Å². The fraction of sp³-hybridized carbons (Fsp3) is 0.238. The van der Waals surface area contributed by atoms with Crippen LogP contribution in [0.25, 0.3) is 5.69 Å². The van der Waals surface area contributed by atoms with E-state index in [1.165, 1.54) is 18.3 Å². The number of halogens is 5. The van der Waals surface area contributed by atoms with Gasteiger partial charge in [0.2, 0.25) is 0 Å². The lowest BCUT2D eigenvalue weighted by molar-refractivity contribution is -0.145. The Labute approximate surface area is 198 Å². The molecule has 0 saturated carbocycles. The van der Waals surface area contributed by atoms with Gasteiger partial charge in [-0.05, 0) is 24.6 Å². The summed E-state index contributed by atoms with van der Waals surface area (Å²) < 4.78 is 65.3. The molecule has 0 saturated heterocycles. The maximum atomic E-state index is 14.7. The SMILES string of the molecule is CCC(Oc1ncccc1Oc1cc(-n2c(=O)cc(C(F)(F)F)n(C)c2=O)c(F)cc1Cl)C(=O)O. The summed E-state index contributed by atoms with van der Waals surface area (Å²) in [4.78, 5) is 40.1. The Bertz CT molecular complexity index is 1400. The Morgan fingerprint density at radius 1 is 1.23 bits per heavy atom. The molecule has 1 atom stereocenters. The van der Waals surface area contributed by atoms with Crippen molar-refractivity contribution in [2.75, 3.05) is 0 Å². The number of carboxylic acids is 1. The Morgan fingerprint density at radius 3 is 2.51 bits per heavy atom. The zero-order chi connectivity index (χ0) is 26.1. The van der Waals surface area contributed by atoms with E-state index < -0.39 is 46.7 Å². The van der Waals surface area contributed by atoms with Gasteiger partial charge in [-0.25, -0.2) is 23.5 Å². The standard InChI is InChI=1S/C21H16ClF4N3O6/c1-3-13(19(31)32)35-18-14(5-4-6-27-18)34-15-8-12(11(23)7-10(15)22)29-17(30)9-16(21(24,25)26)28(2)20(29)33/h4-9,13H,3H2,1-2H3,(H,31,32). The maximum Gasteiger partial charge on any atom is 0.431 e. The number of aromatic nitrogens is 3. The molecule has 2 aromatic heterocycles. The molecule has 0 spiro atoms. The van der Waals surface area contributed by atoms with Crippen LogP contribution < -0.4 is 20.7 Å². The molecule has 14 heteroatoms. The minimum absolute atomic E-state index is 0.0902. The predicted molar refractivity (Wildman–Crippen MR) is 114 cm³/mol. The van der Waals surface area contributed by atoms with E-state index in [-0.39, 0.29) is 44.0 Å². The number of rotatable bonds is 7. The highest BCUT2D eigenvalue weighted by Crippen LogP contribution is 2.36. The molecule has 9 nitrogen and oxygen atoms in total. The van der Waals surface area contributed by atoms with E-state index >= 15 is 0 Å². The number of carboxylic acid groups (broad SMARTS) is 1. The molecule has 0 amide bonds. The second-order valence-corrected chi connectivity index (χ2v) is 7.45. The second kappa shape index (κ2) is 9.78. The van der Waals surface area contributed by atoms with Gasteiger partial charge in [-0.1, -0.05) is 18.5 Å². The van der Waals surface area contributed by atoms with Crippen molar-refractivity contribution in [2.24, 2.45) is 7.05 Å². The summed E-state index contributed by atoms with van der Waals surface area (Å²) in [6, 6.07) is 4.43. The van der Waals surface area contributed by atoms with E-state index in [1.807, 2.05) is 0 Å². The van der Waals surface area contributed by atoms with Gasteiger partial charge in [0, 0.05) is 25.4 Å². The Balaban J connectivity index is 2.11. The first kappa shape index (κ1) is 25.7. The van der Waals surface area contributed by atoms with Gasteiger partial charge in [-0.3, -0.25) is 9.36 Å². The molecule has 0 aliphatic heterocycles. The number of carbonyl (C=O) groups is 1. The first-order valence-corrected chi connectivity index (χ1v) is 10.1. The van der Waals surface area contributed by atoms with E-state index in [2.05, 4.69) is 4.98 Å². The highest BCUT2D eigenvalue weighted by atomic mass is 35.5. The third-order valence-electron chi connectivity index (χ3n) is 4.71. The van der Waals surface area contributed by atoms with Crippen LogP contribution >= 0.6 is 11.6 Å². The summed E-state index contributed by atoms with van der Waals surface area (Å²) in [6.45, 7) is 1.56. The predicted octanol–water partition coefficient (Wildman–Crippen LogP) is 3.78. The van der Waals surface area contributed by atoms with Gasteiger partial charge in [-0.2, -0.15) is 13.2 Å². The highest BCUT2D eigenvalue weighted by molar-refractivity contribution is 6.32. The first-order chi connectivity index (χ1) is 16.3. The lowest BCUT2D eigenvalue weighted by Gasteiger charge is -2.17. The molecule has 2 heterocycles. The molecule has 3 aromatic rings. The van der Waals surface area contributed by atoms with Gasteiger partial charge in [0.05, 0.1) is 10.7 Å². The quantitative estimate of drug-likeness (QED) is 0.475. The van der Waals surface area contributed by atoms with Crippen LogP contribution in [0.3, 0.4) is 0 Å². The van der Waals surface area contributed by atoms with Crippen LogP contribution in [0.1, 0.15) is 19.0 Å². The second-order valence-electron chi connectivity index (χ2n) is 7.04. The molecule has 0 fully saturated rings. The van der Waals surface area contributed by atoms with Gasteiger partial charge in [0.1, 0.15) is 17.3 Å². The molecule has 0 radical (unpaired) electrons. The molecular weight excluding hydrogens is 502 g/mol.